The van der Waals surface area contributed by atoms with Crippen molar-refractivity contribution in [3.8, 4) is 0 Å². The first-order valence-corrected chi connectivity index (χ1v) is 7.76. The maximum atomic E-state index is 12.2. The number of unbranched alkanes of at least 4 members (excludes halogenated alkanes) is 1. The number of nitrogens with one attached hydrogen (secondary N) is 1. The van der Waals surface area contributed by atoms with E-state index in [1.807, 2.05) is 0 Å². The molecule has 19 heavy (non-hydrogen) atoms. The zero-order valence-corrected chi connectivity index (χ0v) is 12.9. The van der Waals surface area contributed by atoms with E-state index in [1.165, 1.54) is 38.5 Å². The molecule has 0 aromatic carbocycles. The Kier molecular flexibility index (Phi) is 7.16. The van der Waals surface area contributed by atoms with Crippen LogP contribution >= 0.6 is 12.4 Å². The number of carbonyl (C=O) groups is 1. The molecule has 4 heteroatoms. The van der Waals surface area contributed by atoms with Crippen molar-refractivity contribution in [3.63, 3.8) is 0 Å². The van der Waals surface area contributed by atoms with Crippen LogP contribution in [0.2, 0.25) is 0 Å². The van der Waals surface area contributed by atoms with Crippen LogP contribution in [0.4, 0.5) is 0 Å². The van der Waals surface area contributed by atoms with Crippen molar-refractivity contribution in [2.75, 3.05) is 0 Å². The van der Waals surface area contributed by atoms with Crippen molar-refractivity contribution in [2.24, 2.45) is 17.6 Å². The summed E-state index contributed by atoms with van der Waals surface area (Å²) in [6, 6.07) is 0.695. The highest BCUT2D eigenvalue weighted by Crippen LogP contribution is 2.31. The summed E-state index contributed by atoms with van der Waals surface area (Å²) in [5.74, 6) is 1.19. The van der Waals surface area contributed by atoms with Crippen LogP contribution in [0.3, 0.4) is 0 Å². The van der Waals surface area contributed by atoms with E-state index in [0.717, 1.165) is 25.2 Å². The number of amides is 1. The van der Waals surface area contributed by atoms with Gasteiger partial charge in [0.2, 0.25) is 5.91 Å². The minimum atomic E-state index is 0. The summed E-state index contributed by atoms with van der Waals surface area (Å²) in [7, 11) is 0. The Labute approximate surface area is 123 Å². The maximum Gasteiger partial charge on any atom is 0.223 e. The minimum Gasteiger partial charge on any atom is -0.353 e. The summed E-state index contributed by atoms with van der Waals surface area (Å²) in [5, 5.41) is 3.31. The number of carbonyl (C=O) groups excluding carboxylic acids is 1. The van der Waals surface area contributed by atoms with E-state index in [0.29, 0.717) is 6.04 Å². The highest BCUT2D eigenvalue weighted by molar-refractivity contribution is 5.85. The molecule has 2 aliphatic rings. The maximum absolute atomic E-state index is 12.2. The topological polar surface area (TPSA) is 55.1 Å². The molecular formula is C15H29ClN2O. The van der Waals surface area contributed by atoms with Gasteiger partial charge < -0.3 is 11.1 Å². The van der Waals surface area contributed by atoms with Gasteiger partial charge in [0.15, 0.2) is 0 Å². The van der Waals surface area contributed by atoms with E-state index in [-0.39, 0.29) is 30.3 Å². The Morgan fingerprint density at radius 2 is 2.05 bits per heavy atom. The molecule has 0 saturated heterocycles. The summed E-state index contributed by atoms with van der Waals surface area (Å²) < 4.78 is 0. The molecule has 0 aromatic rings. The van der Waals surface area contributed by atoms with E-state index in [4.69, 9.17) is 5.73 Å². The summed E-state index contributed by atoms with van der Waals surface area (Å²) in [4.78, 5) is 12.2. The second-order valence-corrected chi connectivity index (χ2v) is 6.22. The summed E-state index contributed by atoms with van der Waals surface area (Å²) in [6.45, 7) is 2.24. The Balaban J connectivity index is 0.00000180. The molecule has 1 amide bonds. The van der Waals surface area contributed by atoms with Gasteiger partial charge in [-0.3, -0.25) is 4.79 Å². The average Bonchev–Trinajstić information content (AvgIpc) is 2.96. The fraction of sp³-hybridized carbons (Fsp3) is 0.933. The van der Waals surface area contributed by atoms with Gasteiger partial charge >= 0.3 is 0 Å². The van der Waals surface area contributed by atoms with Crippen molar-refractivity contribution in [3.05, 3.63) is 0 Å². The monoisotopic (exact) mass is 288 g/mol. The molecule has 2 saturated carbocycles. The lowest BCUT2D eigenvalue weighted by Crippen LogP contribution is -2.40. The summed E-state index contributed by atoms with van der Waals surface area (Å²) in [5.41, 5.74) is 5.88. The number of hydrogen-bond acceptors (Lipinski definition) is 2. The van der Waals surface area contributed by atoms with Gasteiger partial charge in [0.1, 0.15) is 0 Å². The van der Waals surface area contributed by atoms with Crippen LogP contribution in [0.15, 0.2) is 0 Å². The van der Waals surface area contributed by atoms with Gasteiger partial charge in [-0.05, 0) is 44.4 Å². The summed E-state index contributed by atoms with van der Waals surface area (Å²) in [6.07, 6.45) is 10.5. The van der Waals surface area contributed by atoms with Crippen LogP contribution < -0.4 is 11.1 Å². The normalized spacial score (nSPS) is 34.0. The molecule has 0 heterocycles. The van der Waals surface area contributed by atoms with Crippen molar-refractivity contribution in [1.29, 1.82) is 0 Å². The SMILES string of the molecule is CCCCC1CCCC1NC(=O)C1CCC(N)C1.Cl. The highest BCUT2D eigenvalue weighted by atomic mass is 35.5. The molecule has 0 spiro atoms. The minimum absolute atomic E-state index is 0. The van der Waals surface area contributed by atoms with Gasteiger partial charge in [-0.1, -0.05) is 26.2 Å². The third-order valence-electron chi connectivity index (χ3n) is 4.76. The lowest BCUT2D eigenvalue weighted by atomic mass is 9.96. The second kappa shape index (κ2) is 8.11. The van der Waals surface area contributed by atoms with E-state index in [1.54, 1.807) is 0 Å². The van der Waals surface area contributed by atoms with Gasteiger partial charge in [-0.25, -0.2) is 0 Å². The molecule has 2 rings (SSSR count). The largest absolute Gasteiger partial charge is 0.353 e. The van der Waals surface area contributed by atoms with E-state index < -0.39 is 0 Å². The van der Waals surface area contributed by atoms with Gasteiger partial charge in [-0.2, -0.15) is 0 Å². The Hall–Kier alpha value is -0.280. The second-order valence-electron chi connectivity index (χ2n) is 6.22. The predicted octanol–water partition coefficient (Wildman–Crippen LogP) is 3.01. The Morgan fingerprint density at radius 1 is 1.26 bits per heavy atom. The van der Waals surface area contributed by atoms with Crippen molar-refractivity contribution >= 4 is 18.3 Å². The lowest BCUT2D eigenvalue weighted by molar-refractivity contribution is -0.125. The number of hydrogen-bond donors (Lipinski definition) is 2. The zero-order chi connectivity index (χ0) is 13.0. The van der Waals surface area contributed by atoms with Crippen LogP contribution in [-0.4, -0.2) is 18.0 Å². The first kappa shape index (κ1) is 16.8. The lowest BCUT2D eigenvalue weighted by Gasteiger charge is -2.22. The molecule has 0 aliphatic heterocycles. The van der Waals surface area contributed by atoms with Crippen molar-refractivity contribution < 1.29 is 4.79 Å². The first-order chi connectivity index (χ1) is 8.70. The highest BCUT2D eigenvalue weighted by Gasteiger charge is 2.32. The molecule has 4 atom stereocenters. The van der Waals surface area contributed by atoms with Crippen molar-refractivity contribution in [1.82, 2.24) is 5.32 Å². The van der Waals surface area contributed by atoms with Crippen LogP contribution in [0.1, 0.15) is 64.7 Å². The van der Waals surface area contributed by atoms with Gasteiger partial charge in [-0.15, -0.1) is 12.4 Å². The molecular weight excluding hydrogens is 260 g/mol. The Morgan fingerprint density at radius 3 is 2.68 bits per heavy atom. The standard InChI is InChI=1S/C15H28N2O.ClH/c1-2-3-5-11-6-4-7-14(11)17-15(18)12-8-9-13(16)10-12;/h11-14H,2-10,16H2,1H3,(H,17,18);1H. The first-order valence-electron chi connectivity index (χ1n) is 7.76. The third-order valence-corrected chi connectivity index (χ3v) is 4.76. The molecule has 0 bridgehead atoms. The van der Waals surface area contributed by atoms with Crippen molar-refractivity contribution in [2.45, 2.75) is 76.8 Å². The number of nitrogens with two attached hydrogens (primary N) is 1. The van der Waals surface area contributed by atoms with Crippen LogP contribution in [0, 0.1) is 11.8 Å². The summed E-state index contributed by atoms with van der Waals surface area (Å²) >= 11 is 0. The average molecular weight is 289 g/mol. The number of halogens is 1. The van der Waals surface area contributed by atoms with E-state index in [9.17, 15) is 4.79 Å². The molecule has 4 unspecified atom stereocenters. The molecule has 0 radical (unpaired) electrons. The molecule has 2 aliphatic carbocycles. The molecule has 2 fully saturated rings. The van der Waals surface area contributed by atoms with Crippen LogP contribution in [0.25, 0.3) is 0 Å². The molecule has 3 N–H and O–H groups in total. The fourth-order valence-electron chi connectivity index (χ4n) is 3.59. The quantitative estimate of drug-likeness (QED) is 0.817. The van der Waals surface area contributed by atoms with Gasteiger partial charge in [0.05, 0.1) is 0 Å². The predicted molar refractivity (Wildman–Crippen MR) is 81.4 cm³/mol. The van der Waals surface area contributed by atoms with E-state index >= 15 is 0 Å². The molecule has 3 nitrogen and oxygen atoms in total. The number of rotatable bonds is 5. The molecule has 112 valence electrons. The van der Waals surface area contributed by atoms with Gasteiger partial charge in [0.25, 0.3) is 0 Å². The van der Waals surface area contributed by atoms with E-state index in [2.05, 4.69) is 12.2 Å². The Bertz CT molecular complexity index is 285. The van der Waals surface area contributed by atoms with Crippen LogP contribution in [-0.2, 0) is 4.79 Å². The molecule has 0 aromatic heterocycles. The third kappa shape index (κ3) is 4.64. The van der Waals surface area contributed by atoms with Crippen LogP contribution in [0.5, 0.6) is 0 Å². The van der Waals surface area contributed by atoms with Gasteiger partial charge in [0, 0.05) is 18.0 Å². The smallest absolute Gasteiger partial charge is 0.223 e. The zero-order valence-electron chi connectivity index (χ0n) is 12.1. The fourth-order valence-corrected chi connectivity index (χ4v) is 3.59.